The molecule has 0 aromatic carbocycles. The molecule has 1 fully saturated rings. The van der Waals surface area contributed by atoms with Crippen LogP contribution in [0, 0.1) is 0 Å². The Kier molecular flexibility index (Phi) is 5.01. The van der Waals surface area contributed by atoms with Crippen LogP contribution in [0.25, 0.3) is 0 Å². The van der Waals surface area contributed by atoms with Crippen LogP contribution in [0.1, 0.15) is 38.0 Å². The Morgan fingerprint density at radius 1 is 1.47 bits per heavy atom. The van der Waals surface area contributed by atoms with Crippen LogP contribution in [0.3, 0.4) is 0 Å². The number of hydrogen-bond donors (Lipinski definition) is 1. The second-order valence-corrected chi connectivity index (χ2v) is 6.00. The molecular formula is C14H24N2S. The van der Waals surface area contributed by atoms with Crippen molar-refractivity contribution in [1.29, 1.82) is 0 Å². The molecule has 2 nitrogen and oxygen atoms in total. The molecule has 0 amide bonds. The van der Waals surface area contributed by atoms with Gasteiger partial charge in [-0.2, -0.15) is 0 Å². The fraction of sp³-hybridized carbons (Fsp3) is 0.714. The molecule has 1 aliphatic rings. The summed E-state index contributed by atoms with van der Waals surface area (Å²) in [6, 6.07) is 5.83. The fourth-order valence-corrected chi connectivity index (χ4v) is 3.35. The van der Waals surface area contributed by atoms with Gasteiger partial charge in [0.1, 0.15) is 0 Å². The summed E-state index contributed by atoms with van der Waals surface area (Å²) >= 11 is 1.88. The predicted octanol–water partition coefficient (Wildman–Crippen LogP) is 3.10. The topological polar surface area (TPSA) is 15.3 Å². The van der Waals surface area contributed by atoms with Gasteiger partial charge in [-0.05, 0) is 24.3 Å². The molecule has 0 spiro atoms. The molecule has 1 aliphatic heterocycles. The Bertz CT molecular complexity index is 310. The number of thiophene rings is 1. The highest BCUT2D eigenvalue weighted by molar-refractivity contribution is 7.09. The monoisotopic (exact) mass is 252 g/mol. The molecular weight excluding hydrogens is 228 g/mol. The van der Waals surface area contributed by atoms with Crippen molar-refractivity contribution < 1.29 is 0 Å². The Morgan fingerprint density at radius 2 is 2.35 bits per heavy atom. The van der Waals surface area contributed by atoms with Crippen molar-refractivity contribution in [1.82, 2.24) is 10.2 Å². The lowest BCUT2D eigenvalue weighted by molar-refractivity contribution is 0.115. The zero-order valence-electron chi connectivity index (χ0n) is 11.0. The highest BCUT2D eigenvalue weighted by Gasteiger charge is 2.26. The summed E-state index contributed by atoms with van der Waals surface area (Å²) in [6.45, 7) is 8.08. The third-order valence-corrected chi connectivity index (χ3v) is 4.53. The molecule has 0 saturated carbocycles. The van der Waals surface area contributed by atoms with Crippen molar-refractivity contribution in [3.63, 3.8) is 0 Å². The van der Waals surface area contributed by atoms with Crippen molar-refractivity contribution in [3.8, 4) is 0 Å². The first-order chi connectivity index (χ1) is 8.33. The van der Waals surface area contributed by atoms with E-state index in [1.807, 2.05) is 11.3 Å². The quantitative estimate of drug-likeness (QED) is 0.866. The first-order valence-electron chi connectivity index (χ1n) is 6.83. The van der Waals surface area contributed by atoms with Gasteiger partial charge in [0.05, 0.1) is 0 Å². The summed E-state index contributed by atoms with van der Waals surface area (Å²) in [7, 11) is 0. The van der Waals surface area contributed by atoms with Crippen molar-refractivity contribution in [3.05, 3.63) is 22.4 Å². The minimum atomic E-state index is 0.683. The second-order valence-electron chi connectivity index (χ2n) is 4.96. The maximum Gasteiger partial charge on any atom is 0.0332 e. The number of rotatable bonds is 5. The molecule has 1 N–H and O–H groups in total. The summed E-state index contributed by atoms with van der Waals surface area (Å²) in [4.78, 5) is 4.18. The van der Waals surface area contributed by atoms with Gasteiger partial charge in [0.2, 0.25) is 0 Å². The van der Waals surface area contributed by atoms with Gasteiger partial charge in [-0.15, -0.1) is 11.3 Å². The van der Waals surface area contributed by atoms with E-state index in [-0.39, 0.29) is 0 Å². The van der Waals surface area contributed by atoms with Crippen LogP contribution in [-0.4, -0.2) is 30.1 Å². The van der Waals surface area contributed by atoms with Gasteiger partial charge in [-0.1, -0.05) is 26.3 Å². The number of hydrogen-bond acceptors (Lipinski definition) is 3. The molecule has 3 heteroatoms. The SMILES string of the molecule is CCCC1CNC(CC)CN1Cc1cccs1. The molecule has 0 radical (unpaired) electrons. The zero-order chi connectivity index (χ0) is 12.1. The first kappa shape index (κ1) is 13.1. The van der Waals surface area contributed by atoms with Crippen LogP contribution < -0.4 is 5.32 Å². The van der Waals surface area contributed by atoms with E-state index in [1.54, 1.807) is 0 Å². The van der Waals surface area contributed by atoms with Gasteiger partial charge in [0, 0.05) is 36.6 Å². The Hall–Kier alpha value is -0.380. The summed E-state index contributed by atoms with van der Waals surface area (Å²) in [5.74, 6) is 0. The highest BCUT2D eigenvalue weighted by atomic mass is 32.1. The third-order valence-electron chi connectivity index (χ3n) is 3.67. The van der Waals surface area contributed by atoms with E-state index in [0.29, 0.717) is 6.04 Å². The van der Waals surface area contributed by atoms with E-state index in [0.717, 1.165) is 19.1 Å². The maximum absolute atomic E-state index is 3.67. The second kappa shape index (κ2) is 6.53. The smallest absolute Gasteiger partial charge is 0.0332 e. The Morgan fingerprint density at radius 3 is 3.00 bits per heavy atom. The molecule has 2 unspecified atom stereocenters. The summed E-state index contributed by atoms with van der Waals surface area (Å²) in [5, 5.41) is 5.86. The molecule has 1 aromatic rings. The summed E-state index contributed by atoms with van der Waals surface area (Å²) in [5.41, 5.74) is 0. The number of piperazine rings is 1. The standard InChI is InChI=1S/C14H24N2S/c1-3-6-13-9-15-12(4-2)10-16(13)11-14-7-5-8-17-14/h5,7-8,12-13,15H,3-4,6,9-11H2,1-2H3. The number of nitrogens with one attached hydrogen (secondary N) is 1. The van der Waals surface area contributed by atoms with Crippen LogP contribution in [0.4, 0.5) is 0 Å². The lowest BCUT2D eigenvalue weighted by atomic mass is 10.0. The van der Waals surface area contributed by atoms with E-state index >= 15 is 0 Å². The molecule has 2 heterocycles. The van der Waals surface area contributed by atoms with E-state index in [2.05, 4.69) is 41.6 Å². The van der Waals surface area contributed by atoms with Gasteiger partial charge in [-0.25, -0.2) is 0 Å². The fourth-order valence-electron chi connectivity index (χ4n) is 2.62. The van der Waals surface area contributed by atoms with Crippen molar-refractivity contribution in [2.75, 3.05) is 13.1 Å². The normalized spacial score (nSPS) is 26.2. The molecule has 1 saturated heterocycles. The van der Waals surface area contributed by atoms with Crippen LogP contribution in [0.15, 0.2) is 17.5 Å². The first-order valence-corrected chi connectivity index (χ1v) is 7.71. The van der Waals surface area contributed by atoms with Gasteiger partial charge >= 0.3 is 0 Å². The van der Waals surface area contributed by atoms with Gasteiger partial charge in [-0.3, -0.25) is 4.90 Å². The Labute approximate surface area is 109 Å². The average molecular weight is 252 g/mol. The van der Waals surface area contributed by atoms with Gasteiger partial charge in [0.25, 0.3) is 0 Å². The summed E-state index contributed by atoms with van der Waals surface area (Å²) in [6.07, 6.45) is 3.83. The van der Waals surface area contributed by atoms with Gasteiger partial charge < -0.3 is 5.32 Å². The number of nitrogens with zero attached hydrogens (tertiary/aromatic N) is 1. The van der Waals surface area contributed by atoms with E-state index < -0.39 is 0 Å². The minimum absolute atomic E-state index is 0.683. The van der Waals surface area contributed by atoms with Crippen LogP contribution in [0.5, 0.6) is 0 Å². The van der Waals surface area contributed by atoms with E-state index in [9.17, 15) is 0 Å². The lowest BCUT2D eigenvalue weighted by Crippen LogP contribution is -2.55. The van der Waals surface area contributed by atoms with Gasteiger partial charge in [0.15, 0.2) is 0 Å². The van der Waals surface area contributed by atoms with E-state index in [4.69, 9.17) is 0 Å². The molecule has 1 aromatic heterocycles. The lowest BCUT2D eigenvalue weighted by Gasteiger charge is -2.40. The van der Waals surface area contributed by atoms with Crippen molar-refractivity contribution >= 4 is 11.3 Å². The minimum Gasteiger partial charge on any atom is -0.311 e. The molecule has 0 bridgehead atoms. The third kappa shape index (κ3) is 3.54. The highest BCUT2D eigenvalue weighted by Crippen LogP contribution is 2.19. The average Bonchev–Trinajstić information content (AvgIpc) is 2.84. The van der Waals surface area contributed by atoms with Crippen LogP contribution in [-0.2, 0) is 6.54 Å². The molecule has 0 aliphatic carbocycles. The largest absolute Gasteiger partial charge is 0.311 e. The van der Waals surface area contributed by atoms with Crippen molar-refractivity contribution in [2.45, 2.75) is 51.7 Å². The van der Waals surface area contributed by atoms with Crippen LogP contribution in [0.2, 0.25) is 0 Å². The molecule has 17 heavy (non-hydrogen) atoms. The molecule has 96 valence electrons. The predicted molar refractivity (Wildman–Crippen MR) is 75.5 cm³/mol. The molecule has 2 rings (SSSR count). The van der Waals surface area contributed by atoms with Crippen LogP contribution >= 0.6 is 11.3 Å². The zero-order valence-corrected chi connectivity index (χ0v) is 11.8. The Balaban J connectivity index is 1.97. The maximum atomic E-state index is 3.67. The molecule has 2 atom stereocenters. The summed E-state index contributed by atoms with van der Waals surface area (Å²) < 4.78 is 0. The van der Waals surface area contributed by atoms with E-state index in [1.165, 1.54) is 30.7 Å². The van der Waals surface area contributed by atoms with Crippen molar-refractivity contribution in [2.24, 2.45) is 0 Å².